The van der Waals surface area contributed by atoms with E-state index in [-0.39, 0.29) is 32.2 Å². The topological polar surface area (TPSA) is 102 Å². The van der Waals surface area contributed by atoms with Gasteiger partial charge in [-0.05, 0) is 54.7 Å². The van der Waals surface area contributed by atoms with Crippen molar-refractivity contribution in [2.75, 3.05) is 24.9 Å². The number of carbonyl (C=O) groups is 2. The van der Waals surface area contributed by atoms with Gasteiger partial charge in [0.25, 0.3) is 11.8 Å². The van der Waals surface area contributed by atoms with E-state index < -0.39 is 11.8 Å². The second kappa shape index (κ2) is 10.4. The second-order valence-electron chi connectivity index (χ2n) is 6.23. The minimum Gasteiger partial charge on any atom is -0.495 e. The van der Waals surface area contributed by atoms with Gasteiger partial charge in [0.2, 0.25) is 0 Å². The van der Waals surface area contributed by atoms with Crippen LogP contribution in [0, 0.1) is 0 Å². The van der Waals surface area contributed by atoms with Gasteiger partial charge >= 0.3 is 0 Å². The highest BCUT2D eigenvalue weighted by atomic mass is 35.5. The number of nitrogens with one attached hydrogen (secondary N) is 3. The van der Waals surface area contributed by atoms with Gasteiger partial charge in [0, 0.05) is 11.3 Å². The van der Waals surface area contributed by atoms with Gasteiger partial charge in [0.15, 0.2) is 16.6 Å². The molecule has 2 aromatic carbocycles. The van der Waals surface area contributed by atoms with Crippen LogP contribution in [0.5, 0.6) is 11.5 Å². The highest BCUT2D eigenvalue weighted by Crippen LogP contribution is 2.34. The van der Waals surface area contributed by atoms with E-state index in [9.17, 15) is 9.59 Å². The summed E-state index contributed by atoms with van der Waals surface area (Å²) in [6, 6.07) is 10.9. The summed E-state index contributed by atoms with van der Waals surface area (Å²) in [5.74, 6) is -0.0859. The number of amides is 2. The Kier molecular flexibility index (Phi) is 7.57. The van der Waals surface area contributed by atoms with Crippen LogP contribution in [-0.2, 0) is 0 Å². The summed E-state index contributed by atoms with van der Waals surface area (Å²) in [6.45, 7) is 0. The lowest BCUT2D eigenvalue weighted by molar-refractivity contribution is 0.0975. The molecule has 0 atom stereocenters. The zero-order valence-corrected chi connectivity index (χ0v) is 19.2. The molecule has 3 aromatic rings. The lowest BCUT2D eigenvalue weighted by Gasteiger charge is -2.15. The Balaban J connectivity index is 1.72. The zero-order chi connectivity index (χ0) is 23.3. The van der Waals surface area contributed by atoms with Crippen molar-refractivity contribution in [3.05, 3.63) is 70.1 Å². The predicted molar refractivity (Wildman–Crippen MR) is 126 cm³/mol. The van der Waals surface area contributed by atoms with Gasteiger partial charge in [0.05, 0.1) is 36.2 Å². The molecule has 0 radical (unpaired) electrons. The van der Waals surface area contributed by atoms with Gasteiger partial charge < -0.3 is 24.5 Å². The maximum atomic E-state index is 12.6. The van der Waals surface area contributed by atoms with Crippen LogP contribution < -0.4 is 25.4 Å². The predicted octanol–water partition coefficient (Wildman–Crippen LogP) is 4.98. The molecule has 0 bridgehead atoms. The summed E-state index contributed by atoms with van der Waals surface area (Å²) in [7, 11) is 2.90. The van der Waals surface area contributed by atoms with Crippen LogP contribution in [0.2, 0.25) is 10.0 Å². The number of halogens is 2. The van der Waals surface area contributed by atoms with E-state index in [2.05, 4.69) is 16.0 Å². The lowest BCUT2D eigenvalue weighted by atomic mass is 10.2. The number of furan rings is 1. The lowest BCUT2D eigenvalue weighted by Crippen LogP contribution is -2.34. The van der Waals surface area contributed by atoms with Crippen LogP contribution in [0.3, 0.4) is 0 Å². The first-order valence-electron chi connectivity index (χ1n) is 9.00. The fourth-order valence-corrected chi connectivity index (χ4v) is 3.54. The fourth-order valence-electron chi connectivity index (χ4n) is 2.70. The molecule has 0 aliphatic carbocycles. The maximum absolute atomic E-state index is 12.6. The van der Waals surface area contributed by atoms with Crippen molar-refractivity contribution in [2.24, 2.45) is 0 Å². The highest BCUT2D eigenvalue weighted by Gasteiger charge is 2.16. The van der Waals surface area contributed by atoms with Gasteiger partial charge in [-0.2, -0.15) is 0 Å². The van der Waals surface area contributed by atoms with Crippen molar-refractivity contribution in [2.45, 2.75) is 0 Å². The summed E-state index contributed by atoms with van der Waals surface area (Å²) in [5, 5.41) is 8.47. The summed E-state index contributed by atoms with van der Waals surface area (Å²) in [5.41, 5.74) is 1.06. The third-order valence-electron chi connectivity index (χ3n) is 4.14. The fraction of sp³-hybridized carbons (Fsp3) is 0.0952. The Bertz CT molecular complexity index is 1150. The van der Waals surface area contributed by atoms with Crippen LogP contribution in [0.4, 0.5) is 11.4 Å². The number of anilines is 2. The van der Waals surface area contributed by atoms with Crippen molar-refractivity contribution >= 4 is 63.7 Å². The molecule has 0 saturated heterocycles. The number of carbonyl (C=O) groups excluding carboxylic acids is 2. The summed E-state index contributed by atoms with van der Waals surface area (Å²) >= 11 is 17.4. The standard InChI is InChI=1S/C21H17Cl2N3O5S/c1-29-16-6-5-12(24-20(28)17-4-3-7-31-17)10-15(16)25-21(32)26-19(27)11-8-13(22)18(30-2)14(23)9-11/h3-10H,1-2H3,(H,24,28)(H2,25,26,27,32). The molecule has 3 rings (SSSR count). The minimum atomic E-state index is -0.532. The Morgan fingerprint density at radius 3 is 2.28 bits per heavy atom. The molecule has 2 amide bonds. The maximum Gasteiger partial charge on any atom is 0.291 e. The molecule has 0 spiro atoms. The average Bonchev–Trinajstić information content (AvgIpc) is 3.29. The van der Waals surface area contributed by atoms with Crippen LogP contribution >= 0.6 is 35.4 Å². The van der Waals surface area contributed by atoms with Gasteiger partial charge in [-0.25, -0.2) is 0 Å². The molecule has 0 fully saturated rings. The van der Waals surface area contributed by atoms with Gasteiger partial charge in [-0.1, -0.05) is 23.2 Å². The average molecular weight is 494 g/mol. The number of hydrogen-bond acceptors (Lipinski definition) is 6. The molecule has 8 nitrogen and oxygen atoms in total. The largest absolute Gasteiger partial charge is 0.495 e. The first-order chi connectivity index (χ1) is 15.3. The monoisotopic (exact) mass is 493 g/mol. The number of methoxy groups -OCH3 is 2. The van der Waals surface area contributed by atoms with Crippen LogP contribution in [0.15, 0.2) is 53.1 Å². The van der Waals surface area contributed by atoms with E-state index >= 15 is 0 Å². The number of hydrogen-bond donors (Lipinski definition) is 3. The third kappa shape index (κ3) is 5.50. The highest BCUT2D eigenvalue weighted by molar-refractivity contribution is 7.80. The van der Waals surface area contributed by atoms with E-state index in [0.29, 0.717) is 17.1 Å². The zero-order valence-electron chi connectivity index (χ0n) is 16.8. The van der Waals surface area contributed by atoms with E-state index in [1.54, 1.807) is 30.3 Å². The molecule has 0 aliphatic rings. The van der Waals surface area contributed by atoms with Crippen molar-refractivity contribution in [3.8, 4) is 11.5 Å². The number of thiocarbonyl (C=S) groups is 1. The second-order valence-corrected chi connectivity index (χ2v) is 7.45. The molecule has 3 N–H and O–H groups in total. The molecule has 1 aromatic heterocycles. The van der Waals surface area contributed by atoms with Crippen LogP contribution in [0.25, 0.3) is 0 Å². The first kappa shape index (κ1) is 23.4. The van der Waals surface area contributed by atoms with E-state index in [4.69, 9.17) is 49.3 Å². The molecular weight excluding hydrogens is 477 g/mol. The summed E-state index contributed by atoms with van der Waals surface area (Å²) < 4.78 is 15.5. The summed E-state index contributed by atoms with van der Waals surface area (Å²) in [4.78, 5) is 24.7. The van der Waals surface area contributed by atoms with Crippen molar-refractivity contribution in [1.29, 1.82) is 0 Å². The number of rotatable bonds is 6. The Morgan fingerprint density at radius 2 is 1.69 bits per heavy atom. The SMILES string of the molecule is COc1ccc(NC(=O)c2ccco2)cc1NC(=S)NC(=O)c1cc(Cl)c(OC)c(Cl)c1. The van der Waals surface area contributed by atoms with Gasteiger partial charge in [-0.3, -0.25) is 14.9 Å². The molecule has 32 heavy (non-hydrogen) atoms. The Morgan fingerprint density at radius 1 is 0.969 bits per heavy atom. The smallest absolute Gasteiger partial charge is 0.291 e. The molecule has 0 saturated carbocycles. The van der Waals surface area contributed by atoms with Crippen molar-refractivity contribution in [1.82, 2.24) is 5.32 Å². The van der Waals surface area contributed by atoms with Crippen molar-refractivity contribution < 1.29 is 23.5 Å². The quantitative estimate of drug-likeness (QED) is 0.416. The Hall–Kier alpha value is -3.27. The van der Waals surface area contributed by atoms with Crippen molar-refractivity contribution in [3.63, 3.8) is 0 Å². The molecule has 11 heteroatoms. The number of ether oxygens (including phenoxy) is 2. The molecule has 0 unspecified atom stereocenters. The van der Waals surface area contributed by atoms with E-state index in [1.165, 1.54) is 32.6 Å². The van der Waals surface area contributed by atoms with E-state index in [0.717, 1.165) is 0 Å². The Labute approximate surface area is 198 Å². The molecular formula is C21H17Cl2N3O5S. The summed E-state index contributed by atoms with van der Waals surface area (Å²) in [6.07, 6.45) is 1.40. The van der Waals surface area contributed by atoms with E-state index in [1.807, 2.05) is 0 Å². The molecule has 166 valence electrons. The third-order valence-corrected chi connectivity index (χ3v) is 4.91. The van der Waals surface area contributed by atoms with Gasteiger partial charge in [-0.15, -0.1) is 0 Å². The van der Waals surface area contributed by atoms with Crippen LogP contribution in [0.1, 0.15) is 20.9 Å². The number of benzene rings is 2. The minimum absolute atomic E-state index is 0.00845. The van der Waals surface area contributed by atoms with Crippen LogP contribution in [-0.4, -0.2) is 31.1 Å². The molecule has 1 heterocycles. The molecule has 0 aliphatic heterocycles. The normalized spacial score (nSPS) is 10.2. The van der Waals surface area contributed by atoms with Gasteiger partial charge in [0.1, 0.15) is 5.75 Å². The first-order valence-corrected chi connectivity index (χ1v) is 10.2.